The zero-order chi connectivity index (χ0) is 10.7. The van der Waals surface area contributed by atoms with Crippen molar-refractivity contribution in [1.82, 2.24) is 5.43 Å². The molecular formula is C9H21N3O. The minimum absolute atomic E-state index is 0.0231. The number of nitrogens with two attached hydrogens (primary N) is 1. The van der Waals surface area contributed by atoms with Crippen LogP contribution in [0.15, 0.2) is 5.10 Å². The molecule has 0 fully saturated rings. The van der Waals surface area contributed by atoms with E-state index in [1.54, 1.807) is 6.21 Å². The predicted octanol–water partition coefficient (Wildman–Crippen LogP) is 1.12. The van der Waals surface area contributed by atoms with Crippen LogP contribution in [-0.4, -0.2) is 18.7 Å². The summed E-state index contributed by atoms with van der Waals surface area (Å²) < 4.78 is 0. The van der Waals surface area contributed by atoms with E-state index in [4.69, 9.17) is 5.73 Å². The van der Waals surface area contributed by atoms with Crippen molar-refractivity contribution in [2.75, 3.05) is 6.54 Å². The van der Waals surface area contributed by atoms with Gasteiger partial charge in [0.15, 0.2) is 0 Å². The normalized spacial score (nSPS) is 9.69. The summed E-state index contributed by atoms with van der Waals surface area (Å²) in [6.45, 7) is 8.18. The number of carbonyl (C=O) groups is 1. The zero-order valence-corrected chi connectivity index (χ0v) is 9.00. The number of hydrogen-bond donors (Lipinski definition) is 2. The first-order chi connectivity index (χ1) is 6.18. The molecule has 0 saturated carbocycles. The van der Waals surface area contributed by atoms with Crippen LogP contribution in [-0.2, 0) is 4.79 Å². The van der Waals surface area contributed by atoms with Gasteiger partial charge in [-0.25, -0.2) is 5.43 Å². The van der Waals surface area contributed by atoms with Crippen molar-refractivity contribution in [2.45, 2.75) is 34.1 Å². The maximum Gasteiger partial charge on any atom is 0.242 e. The van der Waals surface area contributed by atoms with E-state index < -0.39 is 0 Å². The van der Waals surface area contributed by atoms with E-state index in [0.29, 0.717) is 13.0 Å². The molecule has 4 heteroatoms. The van der Waals surface area contributed by atoms with Gasteiger partial charge in [0.1, 0.15) is 0 Å². The quantitative estimate of drug-likeness (QED) is 0.511. The highest BCUT2D eigenvalue weighted by atomic mass is 16.2. The Labute approximate surface area is 80.6 Å². The molecule has 1 amide bonds. The van der Waals surface area contributed by atoms with E-state index in [9.17, 15) is 4.79 Å². The van der Waals surface area contributed by atoms with Crippen LogP contribution in [0.5, 0.6) is 0 Å². The van der Waals surface area contributed by atoms with E-state index in [2.05, 4.69) is 10.5 Å². The minimum Gasteiger partial charge on any atom is -0.330 e. The largest absolute Gasteiger partial charge is 0.330 e. The number of carbonyl (C=O) groups excluding carboxylic acids is 1. The maximum atomic E-state index is 10.8. The number of nitrogens with zero attached hydrogens (tertiary/aromatic N) is 1. The molecule has 0 saturated heterocycles. The summed E-state index contributed by atoms with van der Waals surface area (Å²) in [5.74, 6) is -0.0942. The first-order valence-corrected chi connectivity index (χ1v) is 4.70. The molecule has 0 atom stereocenters. The second kappa shape index (κ2) is 11.1. The Balaban J connectivity index is 0. The summed E-state index contributed by atoms with van der Waals surface area (Å²) in [6.07, 6.45) is 2.29. The molecule has 0 aromatic heterocycles. The molecule has 0 heterocycles. The second-order valence-electron chi connectivity index (χ2n) is 2.52. The lowest BCUT2D eigenvalue weighted by Crippen LogP contribution is -2.22. The Morgan fingerprint density at radius 3 is 2.46 bits per heavy atom. The van der Waals surface area contributed by atoms with Gasteiger partial charge in [0, 0.05) is 12.1 Å². The summed E-state index contributed by atoms with van der Waals surface area (Å²) in [4.78, 5) is 10.8. The van der Waals surface area contributed by atoms with Crippen molar-refractivity contribution >= 4 is 12.1 Å². The van der Waals surface area contributed by atoms with Crippen molar-refractivity contribution in [3.63, 3.8) is 0 Å². The van der Waals surface area contributed by atoms with Crippen molar-refractivity contribution in [2.24, 2.45) is 16.8 Å². The fourth-order valence-corrected chi connectivity index (χ4v) is 0.377. The fourth-order valence-electron chi connectivity index (χ4n) is 0.377. The molecule has 0 bridgehead atoms. The van der Waals surface area contributed by atoms with Gasteiger partial charge >= 0.3 is 0 Å². The fraction of sp³-hybridized carbons (Fsp3) is 0.778. The number of amides is 1. The van der Waals surface area contributed by atoms with Gasteiger partial charge < -0.3 is 5.73 Å². The highest BCUT2D eigenvalue weighted by molar-refractivity contribution is 5.78. The van der Waals surface area contributed by atoms with Crippen LogP contribution in [0.1, 0.15) is 34.1 Å². The van der Waals surface area contributed by atoms with Crippen LogP contribution in [0.2, 0.25) is 0 Å². The lowest BCUT2D eigenvalue weighted by molar-refractivity contribution is -0.123. The van der Waals surface area contributed by atoms with Crippen LogP contribution in [0.4, 0.5) is 0 Å². The second-order valence-corrected chi connectivity index (χ2v) is 2.52. The lowest BCUT2D eigenvalue weighted by atomic mass is 10.2. The summed E-state index contributed by atoms with van der Waals surface area (Å²) in [7, 11) is 0. The van der Waals surface area contributed by atoms with Crippen LogP contribution in [0.3, 0.4) is 0 Å². The van der Waals surface area contributed by atoms with Gasteiger partial charge in [-0.3, -0.25) is 4.79 Å². The first-order valence-electron chi connectivity index (χ1n) is 4.70. The first kappa shape index (κ1) is 14.6. The van der Waals surface area contributed by atoms with Gasteiger partial charge in [0.05, 0.1) is 0 Å². The molecule has 0 aliphatic rings. The standard InChI is InChI=1S/C7H15N3O.C2H6/c1-6(2)7(11)10-9-5-3-4-8;1-2/h5-6H,3-4,8H2,1-2H3,(H,10,11);1-2H3/b9-5+;. The molecule has 0 aliphatic carbocycles. The molecule has 3 N–H and O–H groups in total. The predicted molar refractivity (Wildman–Crippen MR) is 56.5 cm³/mol. The zero-order valence-electron chi connectivity index (χ0n) is 9.00. The topological polar surface area (TPSA) is 67.5 Å². The SMILES string of the molecule is CC.CC(C)C(=O)N/N=C/CCN. The van der Waals surface area contributed by atoms with Gasteiger partial charge in [-0.2, -0.15) is 5.10 Å². The summed E-state index contributed by atoms with van der Waals surface area (Å²) in [6, 6.07) is 0. The summed E-state index contributed by atoms with van der Waals surface area (Å²) in [5.41, 5.74) is 7.59. The van der Waals surface area contributed by atoms with E-state index in [1.165, 1.54) is 0 Å². The minimum atomic E-state index is -0.0710. The van der Waals surface area contributed by atoms with E-state index in [-0.39, 0.29) is 11.8 Å². The van der Waals surface area contributed by atoms with E-state index in [0.717, 1.165) is 0 Å². The molecule has 0 aliphatic heterocycles. The lowest BCUT2D eigenvalue weighted by Gasteiger charge is -2.00. The van der Waals surface area contributed by atoms with Gasteiger partial charge in [0.2, 0.25) is 5.91 Å². The smallest absolute Gasteiger partial charge is 0.242 e. The Hall–Kier alpha value is -0.900. The van der Waals surface area contributed by atoms with E-state index >= 15 is 0 Å². The van der Waals surface area contributed by atoms with Crippen molar-refractivity contribution in [3.8, 4) is 0 Å². The van der Waals surface area contributed by atoms with Crippen LogP contribution < -0.4 is 11.2 Å². The molecule has 13 heavy (non-hydrogen) atoms. The molecule has 0 aromatic rings. The number of rotatable bonds is 4. The molecule has 0 aromatic carbocycles. The molecule has 0 radical (unpaired) electrons. The summed E-state index contributed by atoms with van der Waals surface area (Å²) >= 11 is 0. The molecule has 0 spiro atoms. The monoisotopic (exact) mass is 187 g/mol. The third-order valence-electron chi connectivity index (χ3n) is 1.09. The molecular weight excluding hydrogens is 166 g/mol. The number of hydrazone groups is 1. The highest BCUT2D eigenvalue weighted by Crippen LogP contribution is 1.89. The third kappa shape index (κ3) is 11.1. The van der Waals surface area contributed by atoms with Crippen molar-refractivity contribution in [1.29, 1.82) is 0 Å². The number of nitrogens with one attached hydrogen (secondary N) is 1. The number of hydrogen-bond acceptors (Lipinski definition) is 3. The van der Waals surface area contributed by atoms with Gasteiger partial charge in [-0.15, -0.1) is 0 Å². The van der Waals surface area contributed by atoms with Crippen molar-refractivity contribution < 1.29 is 4.79 Å². The van der Waals surface area contributed by atoms with Crippen LogP contribution in [0, 0.1) is 5.92 Å². The Bertz CT molecular complexity index is 144. The van der Waals surface area contributed by atoms with Gasteiger partial charge in [-0.05, 0) is 13.0 Å². The van der Waals surface area contributed by atoms with Crippen LogP contribution >= 0.6 is 0 Å². The van der Waals surface area contributed by atoms with Gasteiger partial charge in [0.25, 0.3) is 0 Å². The average Bonchev–Trinajstić information content (AvgIpc) is 2.15. The molecule has 0 rings (SSSR count). The van der Waals surface area contributed by atoms with E-state index in [1.807, 2.05) is 27.7 Å². The van der Waals surface area contributed by atoms with Crippen molar-refractivity contribution in [3.05, 3.63) is 0 Å². The Morgan fingerprint density at radius 1 is 1.54 bits per heavy atom. The summed E-state index contributed by atoms with van der Waals surface area (Å²) in [5, 5.41) is 3.68. The average molecular weight is 187 g/mol. The van der Waals surface area contributed by atoms with Crippen LogP contribution in [0.25, 0.3) is 0 Å². The highest BCUT2D eigenvalue weighted by Gasteiger charge is 2.02. The Kier molecular flexibility index (Phi) is 12.5. The molecule has 78 valence electrons. The maximum absolute atomic E-state index is 10.8. The molecule has 4 nitrogen and oxygen atoms in total. The third-order valence-corrected chi connectivity index (χ3v) is 1.09. The molecule has 0 unspecified atom stereocenters. The van der Waals surface area contributed by atoms with Gasteiger partial charge in [-0.1, -0.05) is 27.7 Å². The Morgan fingerprint density at radius 2 is 2.08 bits per heavy atom.